The van der Waals surface area contributed by atoms with Crippen LogP contribution in [0.5, 0.6) is 0 Å². The van der Waals surface area contributed by atoms with Gasteiger partial charge in [0.05, 0.1) is 5.69 Å². The zero-order valence-electron chi connectivity index (χ0n) is 9.81. The van der Waals surface area contributed by atoms with Gasteiger partial charge in [-0.2, -0.15) is 5.10 Å². The molecule has 0 fully saturated rings. The second kappa shape index (κ2) is 4.60. The molecular weight excluding hydrogens is 231 g/mol. The molecule has 1 aromatic heterocycles. The van der Waals surface area contributed by atoms with E-state index in [9.17, 15) is 4.39 Å². The number of rotatable bonds is 3. The van der Waals surface area contributed by atoms with Gasteiger partial charge in [-0.3, -0.25) is 5.01 Å². The van der Waals surface area contributed by atoms with Crippen LogP contribution >= 0.6 is 0 Å². The Hall–Kier alpha value is -2.17. The molecule has 18 heavy (non-hydrogen) atoms. The largest absolute Gasteiger partial charge is 0.348 e. The van der Waals surface area contributed by atoms with Gasteiger partial charge in [-0.05, 0) is 24.3 Å². The SMILES string of the molecule is Fc1ccc(N2CCC(Cc3ncc[nH]3)=N2)cc1. The smallest absolute Gasteiger partial charge is 0.123 e. The van der Waals surface area contributed by atoms with E-state index in [4.69, 9.17) is 0 Å². The van der Waals surface area contributed by atoms with Gasteiger partial charge < -0.3 is 4.98 Å². The van der Waals surface area contributed by atoms with Crippen molar-refractivity contribution >= 4 is 11.4 Å². The van der Waals surface area contributed by atoms with Gasteiger partial charge in [-0.1, -0.05) is 0 Å². The molecule has 0 radical (unpaired) electrons. The standard InChI is InChI=1S/C13H13FN4/c14-10-1-3-12(4-2-10)18-8-5-11(17-18)9-13-15-6-7-16-13/h1-4,6-7H,5,8-9H2,(H,15,16). The average molecular weight is 244 g/mol. The number of aromatic nitrogens is 2. The Morgan fingerprint density at radius 2 is 2.11 bits per heavy atom. The molecule has 0 bridgehead atoms. The molecule has 0 spiro atoms. The molecule has 0 unspecified atom stereocenters. The fourth-order valence-electron chi connectivity index (χ4n) is 2.02. The first kappa shape index (κ1) is 11.0. The van der Waals surface area contributed by atoms with Gasteiger partial charge in [0.2, 0.25) is 0 Å². The Bertz CT molecular complexity index is 545. The Balaban J connectivity index is 1.73. The summed E-state index contributed by atoms with van der Waals surface area (Å²) in [5, 5.41) is 6.43. The van der Waals surface area contributed by atoms with E-state index in [-0.39, 0.29) is 5.82 Å². The third kappa shape index (κ3) is 2.25. The average Bonchev–Trinajstić information content (AvgIpc) is 3.02. The second-order valence-electron chi connectivity index (χ2n) is 4.23. The van der Waals surface area contributed by atoms with Crippen LogP contribution in [0.4, 0.5) is 10.1 Å². The molecule has 1 aliphatic heterocycles. The third-order valence-electron chi connectivity index (χ3n) is 2.93. The first-order chi connectivity index (χ1) is 8.81. The molecular formula is C13H13FN4. The number of hydrazone groups is 1. The molecule has 92 valence electrons. The highest BCUT2D eigenvalue weighted by Gasteiger charge is 2.16. The topological polar surface area (TPSA) is 44.3 Å². The number of hydrogen-bond acceptors (Lipinski definition) is 3. The fourth-order valence-corrected chi connectivity index (χ4v) is 2.02. The molecule has 0 amide bonds. The monoisotopic (exact) mass is 244 g/mol. The van der Waals surface area contributed by atoms with Gasteiger partial charge in [-0.15, -0.1) is 0 Å². The number of anilines is 1. The first-order valence-electron chi connectivity index (χ1n) is 5.89. The molecule has 0 saturated heterocycles. The van der Waals surface area contributed by atoms with E-state index in [1.807, 2.05) is 11.2 Å². The van der Waals surface area contributed by atoms with Crippen LogP contribution in [0, 0.1) is 5.82 Å². The maximum absolute atomic E-state index is 12.8. The predicted octanol–water partition coefficient (Wildman–Crippen LogP) is 2.36. The van der Waals surface area contributed by atoms with Crippen LogP contribution in [-0.4, -0.2) is 22.2 Å². The zero-order chi connectivity index (χ0) is 12.4. The van der Waals surface area contributed by atoms with Gasteiger partial charge >= 0.3 is 0 Å². The van der Waals surface area contributed by atoms with E-state index in [0.717, 1.165) is 36.6 Å². The minimum atomic E-state index is -0.224. The zero-order valence-corrected chi connectivity index (χ0v) is 9.81. The van der Waals surface area contributed by atoms with E-state index >= 15 is 0 Å². The summed E-state index contributed by atoms with van der Waals surface area (Å²) in [7, 11) is 0. The van der Waals surface area contributed by atoms with Crippen molar-refractivity contribution < 1.29 is 4.39 Å². The lowest BCUT2D eigenvalue weighted by molar-refractivity contribution is 0.627. The van der Waals surface area contributed by atoms with Gasteiger partial charge in [0.25, 0.3) is 0 Å². The van der Waals surface area contributed by atoms with Crippen molar-refractivity contribution in [3.05, 3.63) is 48.3 Å². The van der Waals surface area contributed by atoms with E-state index < -0.39 is 0 Å². The summed E-state index contributed by atoms with van der Waals surface area (Å²) in [4.78, 5) is 7.25. The van der Waals surface area contributed by atoms with Crippen LogP contribution < -0.4 is 5.01 Å². The number of nitrogens with one attached hydrogen (secondary N) is 1. The Morgan fingerprint density at radius 1 is 1.28 bits per heavy atom. The van der Waals surface area contributed by atoms with Gasteiger partial charge in [-0.25, -0.2) is 9.37 Å². The van der Waals surface area contributed by atoms with Gasteiger partial charge in [0, 0.05) is 37.5 Å². The summed E-state index contributed by atoms with van der Waals surface area (Å²) < 4.78 is 12.8. The molecule has 0 saturated carbocycles. The molecule has 1 N–H and O–H groups in total. The maximum atomic E-state index is 12.8. The van der Waals surface area contributed by atoms with Crippen LogP contribution in [-0.2, 0) is 6.42 Å². The molecule has 2 heterocycles. The minimum absolute atomic E-state index is 0.224. The Morgan fingerprint density at radius 3 is 2.83 bits per heavy atom. The number of H-pyrrole nitrogens is 1. The van der Waals surface area contributed by atoms with Crippen LogP contribution in [0.1, 0.15) is 12.2 Å². The highest BCUT2D eigenvalue weighted by Crippen LogP contribution is 2.20. The van der Waals surface area contributed by atoms with Crippen molar-refractivity contribution in [2.45, 2.75) is 12.8 Å². The van der Waals surface area contributed by atoms with Gasteiger partial charge in [0.15, 0.2) is 0 Å². The molecule has 2 aromatic rings. The molecule has 1 aromatic carbocycles. The van der Waals surface area contributed by atoms with Crippen molar-refractivity contribution in [1.82, 2.24) is 9.97 Å². The van der Waals surface area contributed by atoms with Crippen molar-refractivity contribution in [2.75, 3.05) is 11.6 Å². The molecule has 1 aliphatic rings. The second-order valence-corrected chi connectivity index (χ2v) is 4.23. The van der Waals surface area contributed by atoms with Crippen LogP contribution in [0.3, 0.4) is 0 Å². The number of imidazole rings is 1. The summed E-state index contributed by atoms with van der Waals surface area (Å²) >= 11 is 0. The molecule has 5 heteroatoms. The predicted molar refractivity (Wildman–Crippen MR) is 68.1 cm³/mol. The van der Waals surface area contributed by atoms with Crippen molar-refractivity contribution in [1.29, 1.82) is 0 Å². The van der Waals surface area contributed by atoms with Gasteiger partial charge in [0.1, 0.15) is 11.6 Å². The molecule has 3 rings (SSSR count). The first-order valence-corrected chi connectivity index (χ1v) is 5.89. The van der Waals surface area contributed by atoms with Crippen LogP contribution in [0.2, 0.25) is 0 Å². The molecule has 0 atom stereocenters. The minimum Gasteiger partial charge on any atom is -0.348 e. The number of hydrogen-bond donors (Lipinski definition) is 1. The van der Waals surface area contributed by atoms with Crippen LogP contribution in [0.25, 0.3) is 0 Å². The number of aromatic amines is 1. The Kier molecular flexibility index (Phi) is 2.80. The molecule has 0 aliphatic carbocycles. The highest BCUT2D eigenvalue weighted by molar-refractivity contribution is 5.89. The number of benzene rings is 1. The summed E-state index contributed by atoms with van der Waals surface area (Å²) in [6.45, 7) is 0.835. The number of nitrogens with zero attached hydrogens (tertiary/aromatic N) is 3. The fraction of sp³-hybridized carbons (Fsp3) is 0.231. The van der Waals surface area contributed by atoms with Crippen molar-refractivity contribution in [3.63, 3.8) is 0 Å². The maximum Gasteiger partial charge on any atom is 0.123 e. The molecule has 4 nitrogen and oxygen atoms in total. The number of halogens is 1. The summed E-state index contributed by atoms with van der Waals surface area (Å²) in [5.74, 6) is 0.701. The van der Waals surface area contributed by atoms with E-state index in [0.29, 0.717) is 0 Å². The lowest BCUT2D eigenvalue weighted by Crippen LogP contribution is -2.11. The Labute approximate surface area is 104 Å². The lowest BCUT2D eigenvalue weighted by Gasteiger charge is -2.12. The van der Waals surface area contributed by atoms with E-state index in [2.05, 4.69) is 15.1 Å². The van der Waals surface area contributed by atoms with Crippen molar-refractivity contribution in [3.8, 4) is 0 Å². The quantitative estimate of drug-likeness (QED) is 0.900. The summed E-state index contributed by atoms with van der Waals surface area (Å²) in [5.41, 5.74) is 2.01. The summed E-state index contributed by atoms with van der Waals surface area (Å²) in [6, 6.07) is 6.40. The van der Waals surface area contributed by atoms with E-state index in [1.165, 1.54) is 12.1 Å². The van der Waals surface area contributed by atoms with E-state index in [1.54, 1.807) is 18.3 Å². The van der Waals surface area contributed by atoms with Crippen LogP contribution in [0.15, 0.2) is 41.8 Å². The summed E-state index contributed by atoms with van der Waals surface area (Å²) in [6.07, 6.45) is 5.20. The highest BCUT2D eigenvalue weighted by atomic mass is 19.1. The lowest BCUT2D eigenvalue weighted by atomic mass is 10.2. The normalized spacial score (nSPS) is 14.9. The third-order valence-corrected chi connectivity index (χ3v) is 2.93. The van der Waals surface area contributed by atoms with Crippen molar-refractivity contribution in [2.24, 2.45) is 5.10 Å².